The Morgan fingerprint density at radius 2 is 2.00 bits per heavy atom. The van der Waals surface area contributed by atoms with Gasteiger partial charge in [0.05, 0.1) is 26.2 Å². The Hall–Kier alpha value is -1.30. The third-order valence-electron chi connectivity index (χ3n) is 3.74. The van der Waals surface area contributed by atoms with Gasteiger partial charge in [-0.15, -0.1) is 0 Å². The summed E-state index contributed by atoms with van der Waals surface area (Å²) in [6, 6.07) is 0.225. The molecular formula is C14H27N2O4+. The van der Waals surface area contributed by atoms with Crippen LogP contribution in [0.1, 0.15) is 40.5 Å². The minimum atomic E-state index is -0.514. The summed E-state index contributed by atoms with van der Waals surface area (Å²) in [7, 11) is 1.41. The minimum absolute atomic E-state index is 0.221. The lowest BCUT2D eigenvalue weighted by molar-refractivity contribution is -0.866. The molecule has 2 atom stereocenters. The number of ether oxygens (including phenoxy) is 2. The van der Waals surface area contributed by atoms with Crippen molar-refractivity contribution in [3.8, 4) is 0 Å². The number of nitrogens with zero attached hydrogens (tertiary/aromatic N) is 1. The zero-order valence-electron chi connectivity index (χ0n) is 13.2. The number of quaternary nitrogens is 1. The smallest absolute Gasteiger partial charge is 0.444 e. The number of hydrogen-bond acceptors (Lipinski definition) is 4. The maximum absolute atomic E-state index is 12.1. The van der Waals surface area contributed by atoms with Crippen LogP contribution in [0.3, 0.4) is 0 Å². The lowest BCUT2D eigenvalue weighted by atomic mass is 10.2. The van der Waals surface area contributed by atoms with Gasteiger partial charge in [0.25, 0.3) is 0 Å². The molecule has 1 unspecified atom stereocenters. The molecule has 0 radical (unpaired) electrons. The molecule has 116 valence electrons. The van der Waals surface area contributed by atoms with E-state index in [1.165, 1.54) is 7.11 Å². The number of amides is 2. The Bertz CT molecular complexity index is 365. The molecule has 1 rings (SSSR count). The number of methoxy groups -OCH3 is 1. The number of nitrogens with one attached hydrogen (secondary N) is 1. The fourth-order valence-corrected chi connectivity index (χ4v) is 2.68. The second-order valence-electron chi connectivity index (χ2n) is 6.37. The van der Waals surface area contributed by atoms with Gasteiger partial charge in [-0.2, -0.15) is 4.79 Å². The Morgan fingerprint density at radius 3 is 2.45 bits per heavy atom. The van der Waals surface area contributed by atoms with Crippen molar-refractivity contribution in [3.63, 3.8) is 0 Å². The van der Waals surface area contributed by atoms with Crippen LogP contribution in [-0.2, 0) is 9.47 Å². The van der Waals surface area contributed by atoms with Gasteiger partial charge in [0.2, 0.25) is 0 Å². The van der Waals surface area contributed by atoms with E-state index in [0.717, 1.165) is 19.4 Å². The highest BCUT2D eigenvalue weighted by Gasteiger charge is 2.46. The first kappa shape index (κ1) is 16.8. The summed E-state index contributed by atoms with van der Waals surface area (Å²) in [4.78, 5) is 23.7. The van der Waals surface area contributed by atoms with E-state index in [9.17, 15) is 9.59 Å². The first-order valence-electron chi connectivity index (χ1n) is 7.13. The summed E-state index contributed by atoms with van der Waals surface area (Å²) in [6.45, 7) is 9.20. The second kappa shape index (κ2) is 6.43. The zero-order chi connectivity index (χ0) is 15.4. The summed E-state index contributed by atoms with van der Waals surface area (Å²) in [6.07, 6.45) is 1.33. The van der Waals surface area contributed by atoms with Crippen molar-refractivity contribution in [2.24, 2.45) is 0 Å². The van der Waals surface area contributed by atoms with Crippen LogP contribution in [0.2, 0.25) is 0 Å². The van der Waals surface area contributed by atoms with Gasteiger partial charge in [0.15, 0.2) is 0 Å². The largest absolute Gasteiger partial charge is 0.516 e. The molecule has 0 aliphatic carbocycles. The number of carbonyl (C=O) groups excluding carboxylic acids is 2. The number of rotatable bonds is 3. The summed E-state index contributed by atoms with van der Waals surface area (Å²) in [5, 5.41) is 2.71. The first-order chi connectivity index (χ1) is 9.21. The molecule has 0 spiro atoms. The standard InChI is InChI=1S/C14H26N2O4/c1-11-7-6-9-16(11,13(18)19-5)10-8-15-12(17)20-14(2,3)4/h11H,6-10H2,1-5H3/p+1/t11-,16?/m1/s1. The normalized spacial score (nSPS) is 26.1. The van der Waals surface area contributed by atoms with Crippen molar-refractivity contribution in [2.75, 3.05) is 26.7 Å². The minimum Gasteiger partial charge on any atom is -0.444 e. The topological polar surface area (TPSA) is 64.6 Å². The number of alkyl carbamates (subject to hydrolysis) is 1. The van der Waals surface area contributed by atoms with Gasteiger partial charge >= 0.3 is 12.2 Å². The second-order valence-corrected chi connectivity index (χ2v) is 6.37. The van der Waals surface area contributed by atoms with Crippen molar-refractivity contribution in [1.29, 1.82) is 0 Å². The highest BCUT2D eigenvalue weighted by Crippen LogP contribution is 2.27. The van der Waals surface area contributed by atoms with E-state index in [1.54, 1.807) is 0 Å². The highest BCUT2D eigenvalue weighted by atomic mass is 16.6. The molecule has 6 nitrogen and oxygen atoms in total. The van der Waals surface area contributed by atoms with Crippen molar-refractivity contribution in [1.82, 2.24) is 5.32 Å². The predicted molar refractivity (Wildman–Crippen MR) is 75.3 cm³/mol. The lowest BCUT2D eigenvalue weighted by Crippen LogP contribution is -2.57. The first-order valence-corrected chi connectivity index (χ1v) is 7.13. The quantitative estimate of drug-likeness (QED) is 0.809. The highest BCUT2D eigenvalue weighted by molar-refractivity contribution is 5.67. The van der Waals surface area contributed by atoms with Crippen LogP contribution < -0.4 is 5.32 Å². The zero-order valence-corrected chi connectivity index (χ0v) is 13.2. The number of carbonyl (C=O) groups is 2. The summed E-state index contributed by atoms with van der Waals surface area (Å²) >= 11 is 0. The molecule has 0 aromatic heterocycles. The van der Waals surface area contributed by atoms with Gasteiger partial charge in [0.1, 0.15) is 12.1 Å². The van der Waals surface area contributed by atoms with E-state index in [0.29, 0.717) is 13.1 Å². The molecule has 0 bridgehead atoms. The van der Waals surface area contributed by atoms with E-state index in [4.69, 9.17) is 9.47 Å². The summed E-state index contributed by atoms with van der Waals surface area (Å²) in [5.41, 5.74) is -0.514. The number of likely N-dealkylation sites (tertiary alicyclic amines) is 1. The van der Waals surface area contributed by atoms with Gasteiger partial charge in [0, 0.05) is 12.8 Å². The van der Waals surface area contributed by atoms with E-state index in [-0.39, 0.29) is 16.6 Å². The van der Waals surface area contributed by atoms with Gasteiger partial charge in [-0.3, -0.25) is 0 Å². The van der Waals surface area contributed by atoms with Gasteiger partial charge in [-0.05, 0) is 27.7 Å². The lowest BCUT2D eigenvalue weighted by Gasteiger charge is -2.33. The molecule has 0 aromatic carbocycles. The van der Waals surface area contributed by atoms with Gasteiger partial charge in [-0.1, -0.05) is 0 Å². The average molecular weight is 287 g/mol. The molecule has 1 fully saturated rings. The van der Waals surface area contributed by atoms with Gasteiger partial charge < -0.3 is 14.8 Å². The molecule has 1 N–H and O–H groups in total. The molecule has 6 heteroatoms. The Balaban J connectivity index is 2.53. The van der Waals surface area contributed by atoms with E-state index < -0.39 is 11.7 Å². The van der Waals surface area contributed by atoms with Crippen molar-refractivity contribution >= 4 is 12.2 Å². The summed E-state index contributed by atoms with van der Waals surface area (Å²) in [5.74, 6) is 0. The predicted octanol–water partition coefficient (Wildman–Crippen LogP) is 2.28. The average Bonchev–Trinajstić information content (AvgIpc) is 2.68. The molecule has 1 saturated heterocycles. The van der Waals surface area contributed by atoms with Crippen LogP contribution in [0.15, 0.2) is 0 Å². The Morgan fingerprint density at radius 1 is 1.35 bits per heavy atom. The maximum atomic E-state index is 12.1. The number of hydrogen-bond donors (Lipinski definition) is 1. The van der Waals surface area contributed by atoms with Crippen LogP contribution >= 0.6 is 0 Å². The molecule has 2 amide bonds. The van der Waals surface area contributed by atoms with Crippen LogP contribution in [0.25, 0.3) is 0 Å². The third kappa shape index (κ3) is 4.10. The summed E-state index contributed by atoms with van der Waals surface area (Å²) < 4.78 is 10.4. The van der Waals surface area contributed by atoms with Crippen LogP contribution in [-0.4, -0.2) is 55.1 Å². The molecule has 0 aromatic rings. The van der Waals surface area contributed by atoms with Gasteiger partial charge in [-0.25, -0.2) is 9.28 Å². The third-order valence-corrected chi connectivity index (χ3v) is 3.74. The van der Waals surface area contributed by atoms with Crippen molar-refractivity contribution in [2.45, 2.75) is 52.2 Å². The van der Waals surface area contributed by atoms with Crippen LogP contribution in [0, 0.1) is 0 Å². The van der Waals surface area contributed by atoms with Crippen LogP contribution in [0.4, 0.5) is 9.59 Å². The monoisotopic (exact) mass is 287 g/mol. The van der Waals surface area contributed by atoms with E-state index in [2.05, 4.69) is 12.2 Å². The molecule has 1 heterocycles. The van der Waals surface area contributed by atoms with E-state index in [1.807, 2.05) is 20.8 Å². The molecule has 20 heavy (non-hydrogen) atoms. The van der Waals surface area contributed by atoms with Crippen LogP contribution in [0.5, 0.6) is 0 Å². The molecular weight excluding hydrogens is 260 g/mol. The maximum Gasteiger partial charge on any atom is 0.516 e. The molecule has 0 saturated carbocycles. The van der Waals surface area contributed by atoms with Crippen molar-refractivity contribution in [3.05, 3.63) is 0 Å². The van der Waals surface area contributed by atoms with E-state index >= 15 is 0 Å². The fourth-order valence-electron chi connectivity index (χ4n) is 2.68. The molecule has 1 aliphatic heterocycles. The Labute approximate surface area is 121 Å². The molecule has 1 aliphatic rings. The Kier molecular flexibility index (Phi) is 5.39. The SMILES string of the molecule is COC(=O)[N+]1(CCNC(=O)OC(C)(C)C)CCC[C@H]1C. The fraction of sp³-hybridized carbons (Fsp3) is 0.857. The van der Waals surface area contributed by atoms with Crippen molar-refractivity contribution < 1.29 is 23.5 Å².